The van der Waals surface area contributed by atoms with Crippen LogP contribution in [-0.4, -0.2) is 12.6 Å². The molecular formula is C7H15Cl2N2-. The number of hydrogen-bond donors (Lipinski definition) is 1. The van der Waals surface area contributed by atoms with E-state index in [0.29, 0.717) is 0 Å². The Morgan fingerprint density at radius 3 is 2.27 bits per heavy atom. The van der Waals surface area contributed by atoms with Crippen LogP contribution in [0.1, 0.15) is 32.6 Å². The number of rotatable bonds is 5. The molecule has 2 nitrogen and oxygen atoms in total. The van der Waals surface area contributed by atoms with Gasteiger partial charge in [-0.3, -0.25) is 0 Å². The van der Waals surface area contributed by atoms with Crippen molar-refractivity contribution in [2.75, 3.05) is 6.54 Å². The fraction of sp³-hybridized carbons (Fsp3) is 0.857. The Kier molecular flexibility index (Phi) is 25.7. The maximum atomic E-state index is 4.93. The minimum atomic E-state index is 0. The van der Waals surface area contributed by atoms with E-state index in [2.05, 4.69) is 17.9 Å². The Labute approximate surface area is 80.8 Å². The lowest BCUT2D eigenvalue weighted by Crippen LogP contribution is -3.00. The average molecular weight is 198 g/mol. The molecule has 0 unspecified atom stereocenters. The van der Waals surface area contributed by atoms with E-state index in [0.717, 1.165) is 13.0 Å². The second-order valence-electron chi connectivity index (χ2n) is 2.07. The summed E-state index contributed by atoms with van der Waals surface area (Å²) in [7, 11) is 0. The van der Waals surface area contributed by atoms with Crippen molar-refractivity contribution in [3.8, 4) is 0 Å². The van der Waals surface area contributed by atoms with Gasteiger partial charge in [-0.1, -0.05) is 19.8 Å². The van der Waals surface area contributed by atoms with Gasteiger partial charge in [0.1, 0.15) is 6.54 Å². The number of nitrogens with zero attached hydrogens (tertiary/aromatic N) is 1. The minimum Gasteiger partial charge on any atom is -1.00 e. The molecule has 68 valence electrons. The van der Waals surface area contributed by atoms with Crippen LogP contribution in [0, 0.1) is 0 Å². The molecule has 0 aromatic carbocycles. The topological polar surface area (TPSA) is 38.0 Å². The van der Waals surface area contributed by atoms with Crippen molar-refractivity contribution in [1.82, 2.24) is 0 Å². The summed E-state index contributed by atoms with van der Waals surface area (Å²) in [6.45, 7) is 3.04. The van der Waals surface area contributed by atoms with Crippen LogP contribution in [0.3, 0.4) is 0 Å². The second-order valence-corrected chi connectivity index (χ2v) is 2.07. The number of unbranched alkanes of at least 4 members (excludes halogenated alkanes) is 3. The largest absolute Gasteiger partial charge is 1.00 e. The van der Waals surface area contributed by atoms with Gasteiger partial charge in [0.05, 0.1) is 0 Å². The number of nitrogens with two attached hydrogens (primary N) is 1. The van der Waals surface area contributed by atoms with Gasteiger partial charge in [-0.2, -0.15) is 0 Å². The minimum absolute atomic E-state index is 0. The normalized spacial score (nSPS) is 7.00. The van der Waals surface area contributed by atoms with E-state index < -0.39 is 0 Å². The lowest BCUT2D eigenvalue weighted by Gasteiger charge is -1.88. The van der Waals surface area contributed by atoms with Crippen LogP contribution in [-0.2, 0) is 0 Å². The smallest absolute Gasteiger partial charge is 0.301 e. The molecule has 0 spiro atoms. The van der Waals surface area contributed by atoms with E-state index in [4.69, 9.17) is 5.41 Å². The molecule has 0 bridgehead atoms. The van der Waals surface area contributed by atoms with Crippen LogP contribution in [0.5, 0.6) is 0 Å². The Morgan fingerprint density at radius 2 is 1.82 bits per heavy atom. The zero-order chi connectivity index (χ0) is 6.95. The summed E-state index contributed by atoms with van der Waals surface area (Å²) in [5.74, 6) is 0. The van der Waals surface area contributed by atoms with Gasteiger partial charge >= 0.3 is 6.01 Å². The molecule has 0 aliphatic rings. The predicted octanol–water partition coefficient (Wildman–Crippen LogP) is -5.49. The molecule has 4 heteroatoms. The van der Waals surface area contributed by atoms with Crippen molar-refractivity contribution in [1.29, 1.82) is 0 Å². The zero-order valence-electron chi connectivity index (χ0n) is 6.82. The zero-order valence-corrected chi connectivity index (χ0v) is 8.33. The number of aliphatic imine (C=N–C) groups is 1. The summed E-state index contributed by atoms with van der Waals surface area (Å²) in [6.07, 6.45) is 5.00. The Hall–Kier alpha value is -0.0400. The molecule has 0 saturated carbocycles. The second kappa shape index (κ2) is 16.5. The highest BCUT2D eigenvalue weighted by Gasteiger charge is 1.87. The third kappa shape index (κ3) is 17.8. The summed E-state index contributed by atoms with van der Waals surface area (Å²) in [4.78, 5) is 3.77. The quantitative estimate of drug-likeness (QED) is 0.338. The van der Waals surface area contributed by atoms with Gasteiger partial charge in [-0.05, 0) is 17.8 Å². The maximum absolute atomic E-state index is 4.93. The van der Waals surface area contributed by atoms with Crippen molar-refractivity contribution in [2.24, 2.45) is 4.99 Å². The highest BCUT2D eigenvalue weighted by molar-refractivity contribution is 5.31. The highest BCUT2D eigenvalue weighted by atomic mass is 35.5. The summed E-state index contributed by atoms with van der Waals surface area (Å²) in [6, 6.07) is 2.27. The van der Waals surface area contributed by atoms with Gasteiger partial charge in [0.15, 0.2) is 0 Å². The van der Waals surface area contributed by atoms with Crippen LogP contribution in [0.4, 0.5) is 0 Å². The first-order valence-corrected chi connectivity index (χ1v) is 3.54. The molecule has 0 aliphatic carbocycles. The Morgan fingerprint density at radius 1 is 1.18 bits per heavy atom. The predicted molar refractivity (Wildman–Crippen MR) is 38.4 cm³/mol. The lowest BCUT2D eigenvalue weighted by molar-refractivity contribution is -0.103. The van der Waals surface area contributed by atoms with E-state index in [1.807, 2.05) is 0 Å². The molecule has 0 heterocycles. The first-order chi connectivity index (χ1) is 4.41. The van der Waals surface area contributed by atoms with Crippen molar-refractivity contribution in [3.63, 3.8) is 0 Å². The van der Waals surface area contributed by atoms with Gasteiger partial charge in [0.25, 0.3) is 0 Å². The van der Waals surface area contributed by atoms with Gasteiger partial charge in [-0.15, -0.1) is 0 Å². The molecule has 0 fully saturated rings. The summed E-state index contributed by atoms with van der Waals surface area (Å²) in [5.41, 5.74) is 0. The van der Waals surface area contributed by atoms with Crippen molar-refractivity contribution < 1.29 is 30.2 Å². The average Bonchev–Trinajstić information content (AvgIpc) is 1.89. The SMILES string of the molecule is CCCCCCN=C=[NH2+].[Cl-].[Cl-]. The van der Waals surface area contributed by atoms with Gasteiger partial charge in [0, 0.05) is 0 Å². The van der Waals surface area contributed by atoms with Crippen LogP contribution in [0.25, 0.3) is 0 Å². The molecule has 0 rings (SSSR count). The van der Waals surface area contributed by atoms with Crippen LogP contribution < -0.4 is 30.2 Å². The number of hydrogen-bond acceptors (Lipinski definition) is 1. The molecule has 0 atom stereocenters. The fourth-order valence-electron chi connectivity index (χ4n) is 0.682. The Balaban J connectivity index is -0.000000320. The standard InChI is InChI=1S/C7H14N2.2ClH/c1-2-3-4-5-6-9-7-8;;/h8H,2-6H2,1H3;2*1H/p-1. The molecule has 2 N–H and O–H groups in total. The van der Waals surface area contributed by atoms with Crippen molar-refractivity contribution in [3.05, 3.63) is 0 Å². The van der Waals surface area contributed by atoms with Crippen LogP contribution in [0.2, 0.25) is 0 Å². The molecule has 0 aliphatic heterocycles. The first kappa shape index (κ1) is 17.2. The van der Waals surface area contributed by atoms with Crippen molar-refractivity contribution in [2.45, 2.75) is 32.6 Å². The van der Waals surface area contributed by atoms with Crippen LogP contribution >= 0.6 is 0 Å². The monoisotopic (exact) mass is 197 g/mol. The third-order valence-corrected chi connectivity index (χ3v) is 1.21. The van der Waals surface area contributed by atoms with Crippen molar-refractivity contribution >= 4 is 6.01 Å². The lowest BCUT2D eigenvalue weighted by atomic mass is 10.2. The van der Waals surface area contributed by atoms with E-state index in [-0.39, 0.29) is 24.8 Å². The van der Waals surface area contributed by atoms with E-state index in [1.165, 1.54) is 19.3 Å². The molecule has 0 saturated heterocycles. The number of halogens is 2. The Bertz CT molecular complexity index is 101. The first-order valence-electron chi connectivity index (χ1n) is 3.54. The highest BCUT2D eigenvalue weighted by Crippen LogP contribution is 1.97. The molecule has 0 aromatic rings. The molecule has 11 heavy (non-hydrogen) atoms. The van der Waals surface area contributed by atoms with E-state index in [1.54, 1.807) is 0 Å². The van der Waals surface area contributed by atoms with Crippen LogP contribution in [0.15, 0.2) is 4.99 Å². The molecule has 0 radical (unpaired) electrons. The summed E-state index contributed by atoms with van der Waals surface area (Å²) in [5, 5.41) is 4.93. The third-order valence-electron chi connectivity index (χ3n) is 1.21. The van der Waals surface area contributed by atoms with Gasteiger partial charge < -0.3 is 24.8 Å². The molecule has 0 aromatic heterocycles. The fourth-order valence-corrected chi connectivity index (χ4v) is 0.682. The summed E-state index contributed by atoms with van der Waals surface area (Å²) < 4.78 is 0. The maximum Gasteiger partial charge on any atom is 0.301 e. The van der Waals surface area contributed by atoms with Gasteiger partial charge in [0.2, 0.25) is 0 Å². The summed E-state index contributed by atoms with van der Waals surface area (Å²) >= 11 is 0. The molecule has 0 amide bonds. The molecular weight excluding hydrogens is 183 g/mol. The van der Waals surface area contributed by atoms with E-state index >= 15 is 0 Å². The van der Waals surface area contributed by atoms with E-state index in [9.17, 15) is 0 Å². The van der Waals surface area contributed by atoms with Gasteiger partial charge in [-0.25, -0.2) is 5.41 Å².